The third-order valence-electron chi connectivity index (χ3n) is 1.84. The molecule has 0 atom stereocenters. The molecular formula is C12H15ClFNO2. The molecule has 1 aromatic rings. The summed E-state index contributed by atoms with van der Waals surface area (Å²) in [5.74, 6) is -0.355. The molecule has 17 heavy (non-hydrogen) atoms. The lowest BCUT2D eigenvalue weighted by Gasteiger charge is -2.19. The lowest BCUT2D eigenvalue weighted by atomic mass is 10.2. The predicted octanol–water partition coefficient (Wildman–Crippen LogP) is 3.91. The van der Waals surface area contributed by atoms with Gasteiger partial charge in [0.1, 0.15) is 11.4 Å². The Morgan fingerprint density at radius 1 is 1.47 bits per heavy atom. The van der Waals surface area contributed by atoms with Crippen LogP contribution >= 0.6 is 11.6 Å². The molecule has 94 valence electrons. The lowest BCUT2D eigenvalue weighted by molar-refractivity contribution is 0.0636. The highest BCUT2D eigenvalue weighted by molar-refractivity contribution is 6.17. The van der Waals surface area contributed by atoms with Gasteiger partial charge in [0.25, 0.3) is 0 Å². The molecule has 0 spiro atoms. The molecule has 1 amide bonds. The van der Waals surface area contributed by atoms with Crippen LogP contribution in [0.1, 0.15) is 26.3 Å². The number of halogens is 2. The van der Waals surface area contributed by atoms with Gasteiger partial charge in [-0.1, -0.05) is 6.07 Å². The molecule has 0 aliphatic rings. The molecule has 3 nitrogen and oxygen atoms in total. The van der Waals surface area contributed by atoms with Crippen LogP contribution in [0.4, 0.5) is 14.9 Å². The monoisotopic (exact) mass is 259 g/mol. The van der Waals surface area contributed by atoms with E-state index in [1.807, 2.05) is 0 Å². The Hall–Kier alpha value is -1.29. The number of nitrogens with one attached hydrogen (secondary N) is 1. The van der Waals surface area contributed by atoms with Crippen molar-refractivity contribution in [1.82, 2.24) is 0 Å². The van der Waals surface area contributed by atoms with Gasteiger partial charge < -0.3 is 4.74 Å². The zero-order valence-electron chi connectivity index (χ0n) is 10.0. The quantitative estimate of drug-likeness (QED) is 0.818. The molecule has 1 aromatic carbocycles. The SMILES string of the molecule is CC(C)(C)OC(=O)Nc1ccc(CCl)c(F)c1. The first-order chi connectivity index (χ1) is 7.81. The Morgan fingerprint density at radius 2 is 2.12 bits per heavy atom. The van der Waals surface area contributed by atoms with Crippen LogP contribution in [0, 0.1) is 5.82 Å². The summed E-state index contributed by atoms with van der Waals surface area (Å²) in [6.07, 6.45) is -0.615. The highest BCUT2D eigenvalue weighted by atomic mass is 35.5. The second-order valence-corrected chi connectivity index (χ2v) is 4.83. The molecule has 0 saturated carbocycles. The fourth-order valence-corrected chi connectivity index (χ4v) is 1.37. The Kier molecular flexibility index (Phi) is 4.34. The van der Waals surface area contributed by atoms with Gasteiger partial charge in [0.2, 0.25) is 0 Å². The lowest BCUT2D eigenvalue weighted by Crippen LogP contribution is -2.27. The van der Waals surface area contributed by atoms with E-state index in [9.17, 15) is 9.18 Å². The van der Waals surface area contributed by atoms with Gasteiger partial charge in [-0.2, -0.15) is 0 Å². The average Bonchev–Trinajstić information content (AvgIpc) is 2.14. The first-order valence-corrected chi connectivity index (χ1v) is 5.69. The summed E-state index contributed by atoms with van der Waals surface area (Å²) in [5, 5.41) is 2.45. The fourth-order valence-electron chi connectivity index (χ4n) is 1.15. The normalized spacial score (nSPS) is 11.1. The van der Waals surface area contributed by atoms with Crippen molar-refractivity contribution in [3.8, 4) is 0 Å². The zero-order chi connectivity index (χ0) is 13.1. The van der Waals surface area contributed by atoms with Crippen molar-refractivity contribution in [3.05, 3.63) is 29.6 Å². The maximum atomic E-state index is 13.4. The minimum absolute atomic E-state index is 0.0958. The molecule has 0 aromatic heterocycles. The molecular weight excluding hydrogens is 245 g/mol. The molecule has 1 rings (SSSR count). The molecule has 0 fully saturated rings. The molecule has 0 radical (unpaired) electrons. The number of ether oxygens (including phenoxy) is 1. The van der Waals surface area contributed by atoms with Crippen molar-refractivity contribution < 1.29 is 13.9 Å². The van der Waals surface area contributed by atoms with E-state index in [2.05, 4.69) is 5.32 Å². The number of rotatable bonds is 2. The minimum Gasteiger partial charge on any atom is -0.444 e. The average molecular weight is 260 g/mol. The van der Waals surface area contributed by atoms with Crippen molar-refractivity contribution in [3.63, 3.8) is 0 Å². The van der Waals surface area contributed by atoms with Gasteiger partial charge in [0.05, 0.1) is 5.88 Å². The van der Waals surface area contributed by atoms with E-state index >= 15 is 0 Å². The van der Waals surface area contributed by atoms with Gasteiger partial charge in [-0.05, 0) is 32.9 Å². The van der Waals surface area contributed by atoms with Crippen LogP contribution in [0.3, 0.4) is 0 Å². The number of hydrogen-bond donors (Lipinski definition) is 1. The summed E-state index contributed by atoms with van der Waals surface area (Å²) in [4.78, 5) is 11.4. The molecule has 5 heteroatoms. The Labute approximate surface area is 105 Å². The Balaban J connectivity index is 2.69. The van der Waals surface area contributed by atoms with Crippen molar-refractivity contribution in [2.45, 2.75) is 32.3 Å². The number of anilines is 1. The number of benzene rings is 1. The summed E-state index contributed by atoms with van der Waals surface area (Å²) in [6, 6.07) is 4.31. The molecule has 1 N–H and O–H groups in total. The topological polar surface area (TPSA) is 38.3 Å². The van der Waals surface area contributed by atoms with Gasteiger partial charge in [-0.15, -0.1) is 11.6 Å². The van der Waals surface area contributed by atoms with Gasteiger partial charge in [0, 0.05) is 11.3 Å². The van der Waals surface area contributed by atoms with Crippen molar-refractivity contribution in [2.24, 2.45) is 0 Å². The number of hydrogen-bond acceptors (Lipinski definition) is 2. The molecule has 0 aliphatic heterocycles. The summed E-state index contributed by atoms with van der Waals surface area (Å²) >= 11 is 5.53. The van der Waals surface area contributed by atoms with Gasteiger partial charge in [0.15, 0.2) is 0 Å². The van der Waals surface area contributed by atoms with Crippen LogP contribution in [0.5, 0.6) is 0 Å². The van der Waals surface area contributed by atoms with Gasteiger partial charge in [-0.3, -0.25) is 5.32 Å². The van der Waals surface area contributed by atoms with Gasteiger partial charge >= 0.3 is 6.09 Å². The number of carbonyl (C=O) groups excluding carboxylic acids is 1. The molecule has 0 heterocycles. The number of alkyl halides is 1. The van der Waals surface area contributed by atoms with Crippen molar-refractivity contribution in [1.29, 1.82) is 0 Å². The molecule has 0 aliphatic carbocycles. The van der Waals surface area contributed by atoms with E-state index in [-0.39, 0.29) is 5.88 Å². The number of amides is 1. The van der Waals surface area contributed by atoms with Crippen LogP contribution in [0.2, 0.25) is 0 Å². The smallest absolute Gasteiger partial charge is 0.412 e. The standard InChI is InChI=1S/C12H15ClFNO2/c1-12(2,3)17-11(16)15-9-5-4-8(7-13)10(14)6-9/h4-6H,7H2,1-3H3,(H,15,16). The molecule has 0 unspecified atom stereocenters. The third kappa shape index (κ3) is 4.61. The highest BCUT2D eigenvalue weighted by Crippen LogP contribution is 2.17. The fraction of sp³-hybridized carbons (Fsp3) is 0.417. The molecule has 0 saturated heterocycles. The first kappa shape index (κ1) is 13.8. The second-order valence-electron chi connectivity index (χ2n) is 4.57. The van der Waals surface area contributed by atoms with Crippen LogP contribution in [0.15, 0.2) is 18.2 Å². The highest BCUT2D eigenvalue weighted by Gasteiger charge is 2.16. The van der Waals surface area contributed by atoms with E-state index in [0.717, 1.165) is 0 Å². The molecule has 0 bridgehead atoms. The summed E-state index contributed by atoms with van der Waals surface area (Å²) in [7, 11) is 0. The Morgan fingerprint density at radius 3 is 2.59 bits per heavy atom. The first-order valence-electron chi connectivity index (χ1n) is 5.16. The van der Waals surface area contributed by atoms with E-state index in [1.165, 1.54) is 12.1 Å². The largest absolute Gasteiger partial charge is 0.444 e. The summed E-state index contributed by atoms with van der Waals surface area (Å²) < 4.78 is 18.4. The zero-order valence-corrected chi connectivity index (χ0v) is 10.8. The summed E-state index contributed by atoms with van der Waals surface area (Å²) in [6.45, 7) is 5.26. The third-order valence-corrected chi connectivity index (χ3v) is 2.13. The van der Waals surface area contributed by atoms with E-state index in [4.69, 9.17) is 16.3 Å². The van der Waals surface area contributed by atoms with Gasteiger partial charge in [-0.25, -0.2) is 9.18 Å². The van der Waals surface area contributed by atoms with E-state index < -0.39 is 17.5 Å². The minimum atomic E-state index is -0.615. The van der Waals surface area contributed by atoms with E-state index in [0.29, 0.717) is 11.3 Å². The number of carbonyl (C=O) groups is 1. The van der Waals surface area contributed by atoms with E-state index in [1.54, 1.807) is 26.8 Å². The van der Waals surface area contributed by atoms with Crippen LogP contribution in [0.25, 0.3) is 0 Å². The maximum Gasteiger partial charge on any atom is 0.412 e. The van der Waals surface area contributed by atoms with Crippen molar-refractivity contribution in [2.75, 3.05) is 5.32 Å². The van der Waals surface area contributed by atoms with Crippen LogP contribution < -0.4 is 5.32 Å². The Bertz CT molecular complexity index is 415. The van der Waals surface area contributed by atoms with Crippen molar-refractivity contribution >= 4 is 23.4 Å². The predicted molar refractivity (Wildman–Crippen MR) is 65.8 cm³/mol. The maximum absolute atomic E-state index is 13.4. The van der Waals surface area contributed by atoms with Crippen LogP contribution in [-0.2, 0) is 10.6 Å². The summed E-state index contributed by atoms with van der Waals surface area (Å²) in [5.41, 5.74) is 0.144. The second kappa shape index (κ2) is 5.36. The van der Waals surface area contributed by atoms with Crippen LogP contribution in [-0.4, -0.2) is 11.7 Å².